The summed E-state index contributed by atoms with van der Waals surface area (Å²) in [5, 5.41) is 0. The van der Waals surface area contributed by atoms with Gasteiger partial charge in [0.05, 0.1) is 12.8 Å². The number of likely N-dealkylation sites (tertiary alicyclic amines) is 1. The van der Waals surface area contributed by atoms with Gasteiger partial charge in [-0.25, -0.2) is 0 Å². The lowest BCUT2D eigenvalue weighted by Gasteiger charge is -2.30. The molecule has 5 heteroatoms. The van der Waals surface area contributed by atoms with Gasteiger partial charge in [-0.05, 0) is 37.4 Å². The molecule has 118 valence electrons. The third kappa shape index (κ3) is 3.25. The molecule has 1 aromatic heterocycles. The lowest BCUT2D eigenvalue weighted by Crippen LogP contribution is -2.33. The van der Waals surface area contributed by atoms with Crippen molar-refractivity contribution in [2.45, 2.75) is 26.3 Å². The summed E-state index contributed by atoms with van der Waals surface area (Å²) in [6.45, 7) is 5.35. The standard InChI is InChI=1S/C17H22N2O2S/c1-12-6-5-9-19(10-12)11-15-16(18-17(20)22-15)13-7-3-4-8-14(13)21-2/h3-4,7-8,12H,5-6,9-11H2,1-2H3,(H,18,20). The number of methoxy groups -OCH3 is 1. The predicted octanol–water partition coefficient (Wildman–Crippen LogP) is 3.34. The Morgan fingerprint density at radius 2 is 2.23 bits per heavy atom. The minimum atomic E-state index is 0.000893. The van der Waals surface area contributed by atoms with Crippen LogP contribution in [-0.2, 0) is 6.54 Å². The van der Waals surface area contributed by atoms with Crippen molar-refractivity contribution in [3.05, 3.63) is 38.8 Å². The summed E-state index contributed by atoms with van der Waals surface area (Å²) in [6.07, 6.45) is 2.55. The second-order valence-electron chi connectivity index (χ2n) is 6.00. The molecule has 0 aliphatic carbocycles. The zero-order valence-corrected chi connectivity index (χ0v) is 13.9. The third-order valence-corrected chi connectivity index (χ3v) is 5.07. The van der Waals surface area contributed by atoms with Gasteiger partial charge in [0, 0.05) is 23.5 Å². The van der Waals surface area contributed by atoms with Crippen LogP contribution in [0.1, 0.15) is 24.6 Å². The molecular weight excluding hydrogens is 296 g/mol. The largest absolute Gasteiger partial charge is 0.496 e. The summed E-state index contributed by atoms with van der Waals surface area (Å²) in [5.41, 5.74) is 1.87. The van der Waals surface area contributed by atoms with Gasteiger partial charge in [0.1, 0.15) is 5.75 Å². The Hall–Kier alpha value is -1.59. The van der Waals surface area contributed by atoms with Crippen LogP contribution in [0.5, 0.6) is 5.75 Å². The highest BCUT2D eigenvalue weighted by atomic mass is 32.1. The Kier molecular flexibility index (Phi) is 4.64. The van der Waals surface area contributed by atoms with Gasteiger partial charge in [-0.15, -0.1) is 0 Å². The molecule has 0 amide bonds. The van der Waals surface area contributed by atoms with Crippen molar-refractivity contribution in [3.63, 3.8) is 0 Å². The fourth-order valence-electron chi connectivity index (χ4n) is 3.17. The molecular formula is C17H22N2O2S. The van der Waals surface area contributed by atoms with Crippen molar-refractivity contribution in [1.29, 1.82) is 0 Å². The second-order valence-corrected chi connectivity index (χ2v) is 7.06. The Morgan fingerprint density at radius 3 is 3.00 bits per heavy atom. The van der Waals surface area contributed by atoms with E-state index in [0.717, 1.165) is 47.4 Å². The molecule has 1 aromatic carbocycles. The molecule has 1 N–H and O–H groups in total. The summed E-state index contributed by atoms with van der Waals surface area (Å²) < 4.78 is 5.44. The number of rotatable bonds is 4. The zero-order valence-electron chi connectivity index (χ0n) is 13.1. The maximum absolute atomic E-state index is 11.9. The minimum Gasteiger partial charge on any atom is -0.496 e. The van der Waals surface area contributed by atoms with E-state index in [0.29, 0.717) is 0 Å². The van der Waals surface area contributed by atoms with Gasteiger partial charge in [-0.1, -0.05) is 30.4 Å². The number of para-hydroxylation sites is 1. The molecule has 2 heterocycles. The fourth-order valence-corrected chi connectivity index (χ4v) is 4.06. The van der Waals surface area contributed by atoms with E-state index in [4.69, 9.17) is 4.74 Å². The molecule has 3 rings (SSSR count). The molecule has 2 aromatic rings. The fraction of sp³-hybridized carbons (Fsp3) is 0.471. The Balaban J connectivity index is 1.91. The second kappa shape index (κ2) is 6.67. The zero-order chi connectivity index (χ0) is 15.5. The van der Waals surface area contributed by atoms with Crippen molar-refractivity contribution >= 4 is 11.3 Å². The van der Waals surface area contributed by atoms with E-state index in [2.05, 4.69) is 16.8 Å². The number of hydrogen-bond acceptors (Lipinski definition) is 4. The smallest absolute Gasteiger partial charge is 0.305 e. The number of nitrogens with zero attached hydrogens (tertiary/aromatic N) is 1. The maximum Gasteiger partial charge on any atom is 0.305 e. The van der Waals surface area contributed by atoms with Crippen LogP contribution in [0.3, 0.4) is 0 Å². The average Bonchev–Trinajstić information content (AvgIpc) is 2.87. The number of H-pyrrole nitrogens is 1. The number of benzene rings is 1. The van der Waals surface area contributed by atoms with Crippen molar-refractivity contribution in [2.24, 2.45) is 5.92 Å². The number of thiazole rings is 1. The van der Waals surface area contributed by atoms with E-state index < -0.39 is 0 Å². The number of aromatic nitrogens is 1. The molecule has 1 fully saturated rings. The van der Waals surface area contributed by atoms with Crippen LogP contribution in [0.25, 0.3) is 11.3 Å². The summed E-state index contributed by atoms with van der Waals surface area (Å²) in [5.74, 6) is 1.53. The molecule has 0 bridgehead atoms. The summed E-state index contributed by atoms with van der Waals surface area (Å²) >= 11 is 1.31. The van der Waals surface area contributed by atoms with E-state index in [1.54, 1.807) is 7.11 Å². The number of ether oxygens (including phenoxy) is 1. The van der Waals surface area contributed by atoms with Gasteiger partial charge in [0.15, 0.2) is 0 Å². The van der Waals surface area contributed by atoms with E-state index >= 15 is 0 Å². The van der Waals surface area contributed by atoms with Crippen LogP contribution in [0.4, 0.5) is 0 Å². The lowest BCUT2D eigenvalue weighted by molar-refractivity contribution is 0.178. The topological polar surface area (TPSA) is 45.3 Å². The SMILES string of the molecule is COc1ccccc1-c1[nH]c(=O)sc1CN1CCCC(C)C1. The highest BCUT2D eigenvalue weighted by molar-refractivity contribution is 7.09. The van der Waals surface area contributed by atoms with E-state index in [1.807, 2.05) is 24.3 Å². The average molecular weight is 318 g/mol. The molecule has 1 aliphatic heterocycles. The monoisotopic (exact) mass is 318 g/mol. The molecule has 22 heavy (non-hydrogen) atoms. The first-order valence-corrected chi connectivity index (χ1v) is 8.56. The minimum absolute atomic E-state index is 0.000893. The predicted molar refractivity (Wildman–Crippen MR) is 90.6 cm³/mol. The summed E-state index contributed by atoms with van der Waals surface area (Å²) in [6, 6.07) is 7.84. The summed E-state index contributed by atoms with van der Waals surface area (Å²) in [4.78, 5) is 18.4. The van der Waals surface area contributed by atoms with Crippen LogP contribution in [0, 0.1) is 5.92 Å². The number of piperidine rings is 1. The Bertz CT molecular complexity index is 692. The van der Waals surface area contributed by atoms with Crippen molar-refractivity contribution in [1.82, 2.24) is 9.88 Å². The molecule has 1 unspecified atom stereocenters. The molecule has 0 saturated carbocycles. The lowest BCUT2D eigenvalue weighted by atomic mass is 10.00. The Labute approximate surface area is 134 Å². The van der Waals surface area contributed by atoms with E-state index in [1.165, 1.54) is 24.2 Å². The molecule has 0 radical (unpaired) electrons. The first-order chi connectivity index (χ1) is 10.7. The van der Waals surface area contributed by atoms with Crippen molar-refractivity contribution in [3.8, 4) is 17.0 Å². The van der Waals surface area contributed by atoms with E-state index in [-0.39, 0.29) is 4.87 Å². The van der Waals surface area contributed by atoms with Crippen LogP contribution >= 0.6 is 11.3 Å². The van der Waals surface area contributed by atoms with Gasteiger partial charge in [-0.3, -0.25) is 9.69 Å². The van der Waals surface area contributed by atoms with Crippen LogP contribution in [0.15, 0.2) is 29.1 Å². The summed E-state index contributed by atoms with van der Waals surface area (Å²) in [7, 11) is 1.66. The molecule has 1 saturated heterocycles. The Morgan fingerprint density at radius 1 is 1.41 bits per heavy atom. The quantitative estimate of drug-likeness (QED) is 0.940. The normalized spacial score (nSPS) is 19.3. The third-order valence-electron chi connectivity index (χ3n) is 4.21. The van der Waals surface area contributed by atoms with Crippen molar-refractivity contribution < 1.29 is 4.74 Å². The molecule has 0 spiro atoms. The maximum atomic E-state index is 11.9. The number of aromatic amines is 1. The van der Waals surface area contributed by atoms with Crippen LogP contribution in [-0.4, -0.2) is 30.1 Å². The first kappa shape index (κ1) is 15.3. The van der Waals surface area contributed by atoms with Crippen molar-refractivity contribution in [2.75, 3.05) is 20.2 Å². The van der Waals surface area contributed by atoms with Crippen LogP contribution in [0.2, 0.25) is 0 Å². The van der Waals surface area contributed by atoms with Crippen LogP contribution < -0.4 is 9.61 Å². The molecule has 1 aliphatic rings. The van der Waals surface area contributed by atoms with Gasteiger partial charge in [0.2, 0.25) is 0 Å². The highest BCUT2D eigenvalue weighted by Gasteiger charge is 2.20. The molecule has 1 atom stereocenters. The number of nitrogens with one attached hydrogen (secondary N) is 1. The van der Waals surface area contributed by atoms with Gasteiger partial charge >= 0.3 is 4.87 Å². The van der Waals surface area contributed by atoms with Gasteiger partial charge in [-0.2, -0.15) is 0 Å². The molecule has 4 nitrogen and oxygen atoms in total. The van der Waals surface area contributed by atoms with Gasteiger partial charge in [0.25, 0.3) is 0 Å². The van der Waals surface area contributed by atoms with Gasteiger partial charge < -0.3 is 9.72 Å². The van der Waals surface area contributed by atoms with E-state index in [9.17, 15) is 4.79 Å². The number of hydrogen-bond donors (Lipinski definition) is 1. The first-order valence-electron chi connectivity index (χ1n) is 7.75. The highest BCUT2D eigenvalue weighted by Crippen LogP contribution is 2.32.